The van der Waals surface area contributed by atoms with E-state index in [-0.39, 0.29) is 24.3 Å². The molecule has 148 valence electrons. The van der Waals surface area contributed by atoms with Crippen molar-refractivity contribution >= 4 is 44.9 Å². The molecule has 5 nitrogen and oxygen atoms in total. The zero-order valence-corrected chi connectivity index (χ0v) is 18.3. The first kappa shape index (κ1) is 21.0. The van der Waals surface area contributed by atoms with Crippen LogP contribution in [0.1, 0.15) is 16.7 Å². The Morgan fingerprint density at radius 3 is 2.62 bits per heavy atom. The molecule has 0 atom stereocenters. The molecule has 0 spiro atoms. The third-order valence-electron chi connectivity index (χ3n) is 4.19. The van der Waals surface area contributed by atoms with Gasteiger partial charge in [0.15, 0.2) is 11.5 Å². The van der Waals surface area contributed by atoms with Crippen LogP contribution in [0.5, 0.6) is 11.5 Å². The Balaban J connectivity index is 1.92. The number of terminal acetylenes is 1. The van der Waals surface area contributed by atoms with Crippen molar-refractivity contribution in [2.75, 3.05) is 13.7 Å². The highest BCUT2D eigenvalue weighted by molar-refractivity contribution is 9.10. The van der Waals surface area contributed by atoms with E-state index in [4.69, 9.17) is 15.9 Å². The van der Waals surface area contributed by atoms with Gasteiger partial charge in [0.1, 0.15) is 6.61 Å². The lowest BCUT2D eigenvalue weighted by Gasteiger charge is -2.13. The molecule has 0 bridgehead atoms. The lowest BCUT2D eigenvalue weighted by molar-refractivity contribution is -0.123. The highest BCUT2D eigenvalue weighted by atomic mass is 79.9. The van der Waals surface area contributed by atoms with Gasteiger partial charge in [-0.25, -0.2) is 0 Å². The summed E-state index contributed by atoms with van der Waals surface area (Å²) in [5, 5.41) is -0.310. The first-order chi connectivity index (χ1) is 13.9. The Bertz CT molecular complexity index is 1020. The van der Waals surface area contributed by atoms with Crippen molar-refractivity contribution in [3.8, 4) is 23.8 Å². The van der Waals surface area contributed by atoms with Crippen LogP contribution in [0.2, 0.25) is 0 Å². The molecule has 29 heavy (non-hydrogen) atoms. The summed E-state index contributed by atoms with van der Waals surface area (Å²) in [4.78, 5) is 26.8. The van der Waals surface area contributed by atoms with Crippen molar-refractivity contribution in [3.63, 3.8) is 0 Å². The van der Waals surface area contributed by atoms with E-state index in [1.165, 1.54) is 12.0 Å². The van der Waals surface area contributed by atoms with Crippen LogP contribution in [-0.2, 0) is 11.3 Å². The summed E-state index contributed by atoms with van der Waals surface area (Å²) in [7, 11) is 1.52. The summed E-state index contributed by atoms with van der Waals surface area (Å²) in [5.41, 5.74) is 2.60. The number of methoxy groups -OCH3 is 1. The molecule has 1 aliphatic heterocycles. The van der Waals surface area contributed by atoms with E-state index < -0.39 is 0 Å². The van der Waals surface area contributed by atoms with E-state index in [1.807, 2.05) is 31.2 Å². The molecule has 0 aromatic heterocycles. The Kier molecular flexibility index (Phi) is 6.68. The number of nitrogens with zero attached hydrogens (tertiary/aromatic N) is 1. The second-order valence-electron chi connectivity index (χ2n) is 6.27. The lowest BCUT2D eigenvalue weighted by Crippen LogP contribution is -2.27. The predicted octanol–water partition coefficient (Wildman–Crippen LogP) is 5.01. The van der Waals surface area contributed by atoms with Gasteiger partial charge in [0, 0.05) is 10.0 Å². The Morgan fingerprint density at radius 1 is 1.24 bits per heavy atom. The number of aryl methyl sites for hydroxylation is 1. The van der Waals surface area contributed by atoms with Gasteiger partial charge in [-0.05, 0) is 42.5 Å². The molecular weight excluding hydrogens is 454 g/mol. The van der Waals surface area contributed by atoms with Gasteiger partial charge in [0.2, 0.25) is 0 Å². The number of ether oxygens (including phenoxy) is 2. The van der Waals surface area contributed by atoms with Crippen molar-refractivity contribution in [2.45, 2.75) is 13.5 Å². The molecule has 2 aromatic carbocycles. The fraction of sp³-hybridized carbons (Fsp3) is 0.182. The summed E-state index contributed by atoms with van der Waals surface area (Å²) in [6, 6.07) is 11.2. The number of hydrogen-bond acceptors (Lipinski definition) is 5. The fourth-order valence-electron chi connectivity index (χ4n) is 2.77. The average molecular weight is 472 g/mol. The number of carbonyl (C=O) groups is 2. The highest BCUT2D eigenvalue weighted by Gasteiger charge is 2.35. The van der Waals surface area contributed by atoms with Crippen LogP contribution in [0.25, 0.3) is 6.08 Å². The van der Waals surface area contributed by atoms with Crippen LogP contribution in [-0.4, -0.2) is 29.8 Å². The molecule has 0 unspecified atom stereocenters. The van der Waals surface area contributed by atoms with Gasteiger partial charge < -0.3 is 9.47 Å². The SMILES string of the molecule is C#CCOc1c(/C=C2/SC(=O)N(Cc3ccc(C)cc3)C2=O)cc(Br)cc1OC. The van der Waals surface area contributed by atoms with Crippen LogP contribution < -0.4 is 9.47 Å². The van der Waals surface area contributed by atoms with Crippen molar-refractivity contribution in [2.24, 2.45) is 0 Å². The maximum atomic E-state index is 12.9. The molecular formula is C22H18BrNO4S. The summed E-state index contributed by atoms with van der Waals surface area (Å²) >= 11 is 4.32. The van der Waals surface area contributed by atoms with Gasteiger partial charge >= 0.3 is 0 Å². The normalized spacial score (nSPS) is 15.0. The van der Waals surface area contributed by atoms with Crippen molar-refractivity contribution in [3.05, 3.63) is 62.5 Å². The third-order valence-corrected chi connectivity index (χ3v) is 5.55. The molecule has 7 heteroatoms. The third kappa shape index (κ3) is 4.84. The zero-order valence-electron chi connectivity index (χ0n) is 15.9. The van der Waals surface area contributed by atoms with Gasteiger partial charge in [-0.15, -0.1) is 6.42 Å². The summed E-state index contributed by atoms with van der Waals surface area (Å²) in [5.74, 6) is 2.96. The zero-order chi connectivity index (χ0) is 21.0. The second kappa shape index (κ2) is 9.21. The molecule has 0 N–H and O–H groups in total. The molecule has 0 aliphatic carbocycles. The number of imide groups is 1. The number of benzene rings is 2. The summed E-state index contributed by atoms with van der Waals surface area (Å²) < 4.78 is 11.7. The first-order valence-electron chi connectivity index (χ1n) is 8.67. The Labute approximate surface area is 182 Å². The number of thioether (sulfide) groups is 1. The number of carbonyl (C=O) groups excluding carboxylic acids is 2. The summed E-state index contributed by atoms with van der Waals surface area (Å²) in [6.45, 7) is 2.26. The van der Waals surface area contributed by atoms with Crippen molar-refractivity contribution < 1.29 is 19.1 Å². The van der Waals surface area contributed by atoms with Crippen LogP contribution in [0.15, 0.2) is 45.8 Å². The topological polar surface area (TPSA) is 55.8 Å². The molecule has 2 amide bonds. The summed E-state index contributed by atoms with van der Waals surface area (Å²) in [6.07, 6.45) is 6.93. The van der Waals surface area contributed by atoms with Gasteiger partial charge in [-0.2, -0.15) is 0 Å². The van der Waals surface area contributed by atoms with E-state index >= 15 is 0 Å². The molecule has 1 fully saturated rings. The molecule has 1 heterocycles. The van der Waals surface area contributed by atoms with Crippen LogP contribution >= 0.6 is 27.7 Å². The average Bonchev–Trinajstić information content (AvgIpc) is 2.95. The lowest BCUT2D eigenvalue weighted by atomic mass is 10.1. The molecule has 2 aromatic rings. The molecule has 1 saturated heterocycles. The van der Waals surface area contributed by atoms with Crippen molar-refractivity contribution in [1.82, 2.24) is 4.90 Å². The quantitative estimate of drug-likeness (QED) is 0.437. The van der Waals surface area contributed by atoms with E-state index in [0.717, 1.165) is 27.4 Å². The largest absolute Gasteiger partial charge is 0.493 e. The van der Waals surface area contributed by atoms with Gasteiger partial charge in [0.25, 0.3) is 11.1 Å². The number of rotatable bonds is 6. The minimum Gasteiger partial charge on any atom is -0.493 e. The van der Waals surface area contributed by atoms with E-state index in [0.29, 0.717) is 22.0 Å². The number of amides is 2. The highest BCUT2D eigenvalue weighted by Crippen LogP contribution is 2.39. The monoisotopic (exact) mass is 471 g/mol. The van der Waals surface area contributed by atoms with Gasteiger partial charge in [-0.1, -0.05) is 51.7 Å². The number of halogens is 1. The Hall–Kier alpha value is -2.69. The maximum Gasteiger partial charge on any atom is 0.293 e. The minimum atomic E-state index is -0.345. The van der Waals surface area contributed by atoms with Crippen LogP contribution in [0.4, 0.5) is 4.79 Å². The Morgan fingerprint density at radius 2 is 1.97 bits per heavy atom. The first-order valence-corrected chi connectivity index (χ1v) is 10.3. The van der Waals surface area contributed by atoms with E-state index in [1.54, 1.807) is 18.2 Å². The van der Waals surface area contributed by atoms with E-state index in [9.17, 15) is 9.59 Å². The predicted molar refractivity (Wildman–Crippen MR) is 118 cm³/mol. The van der Waals surface area contributed by atoms with Crippen LogP contribution in [0, 0.1) is 19.3 Å². The smallest absolute Gasteiger partial charge is 0.293 e. The van der Waals surface area contributed by atoms with Gasteiger partial charge in [0.05, 0.1) is 18.6 Å². The molecule has 0 radical (unpaired) electrons. The van der Waals surface area contributed by atoms with Gasteiger partial charge in [-0.3, -0.25) is 14.5 Å². The minimum absolute atomic E-state index is 0.0493. The maximum absolute atomic E-state index is 12.9. The van der Waals surface area contributed by atoms with Crippen LogP contribution in [0.3, 0.4) is 0 Å². The molecule has 3 rings (SSSR count). The fourth-order valence-corrected chi connectivity index (χ4v) is 4.05. The van der Waals surface area contributed by atoms with E-state index in [2.05, 4.69) is 21.9 Å². The molecule has 1 aliphatic rings. The van der Waals surface area contributed by atoms with Crippen molar-refractivity contribution in [1.29, 1.82) is 0 Å². The molecule has 0 saturated carbocycles. The standard InChI is InChI=1S/C22H18BrNO4S/c1-4-9-28-20-16(10-17(23)12-18(20)27-3)11-19-21(25)24(22(26)29-19)13-15-7-5-14(2)6-8-15/h1,5-8,10-12H,9,13H2,2-3H3/b19-11+. The second-order valence-corrected chi connectivity index (χ2v) is 8.18. The number of hydrogen-bond donors (Lipinski definition) is 0.